The third kappa shape index (κ3) is 4.61. The van der Waals surface area contributed by atoms with Gasteiger partial charge in [-0.05, 0) is 37.1 Å². The van der Waals surface area contributed by atoms with Gasteiger partial charge < -0.3 is 10.2 Å². The van der Waals surface area contributed by atoms with Crippen LogP contribution in [0.2, 0.25) is 0 Å². The van der Waals surface area contributed by atoms with Crippen molar-refractivity contribution in [2.75, 3.05) is 32.7 Å². The lowest BCUT2D eigenvalue weighted by molar-refractivity contribution is -0.134. The molecular formula is C19H29N3O2S. The molecule has 3 rings (SSSR count). The van der Waals surface area contributed by atoms with Crippen molar-refractivity contribution in [2.24, 2.45) is 5.92 Å². The Hall–Kier alpha value is -1.40. The lowest BCUT2D eigenvalue weighted by atomic mass is 9.95. The number of carbonyl (C=O) groups is 2. The van der Waals surface area contributed by atoms with E-state index in [1.54, 1.807) is 11.3 Å². The summed E-state index contributed by atoms with van der Waals surface area (Å²) in [6.07, 6.45) is 5.28. The molecule has 0 spiro atoms. The Labute approximate surface area is 154 Å². The van der Waals surface area contributed by atoms with Crippen LogP contribution in [0.5, 0.6) is 0 Å². The van der Waals surface area contributed by atoms with Crippen molar-refractivity contribution in [2.45, 2.75) is 45.1 Å². The van der Waals surface area contributed by atoms with Crippen LogP contribution >= 0.6 is 11.3 Å². The van der Waals surface area contributed by atoms with Crippen LogP contribution < -0.4 is 5.32 Å². The van der Waals surface area contributed by atoms with Crippen LogP contribution in [0.3, 0.4) is 0 Å². The molecule has 2 amide bonds. The first-order valence-electron chi connectivity index (χ1n) is 9.51. The Morgan fingerprint density at radius 3 is 2.56 bits per heavy atom. The number of thiophene rings is 1. The zero-order valence-electron chi connectivity index (χ0n) is 15.1. The van der Waals surface area contributed by atoms with Gasteiger partial charge in [-0.2, -0.15) is 0 Å². The number of rotatable bonds is 6. The predicted molar refractivity (Wildman–Crippen MR) is 101 cm³/mol. The molecule has 1 atom stereocenters. The molecule has 2 aliphatic rings. The molecule has 138 valence electrons. The normalized spacial score (nSPS) is 20.6. The average molecular weight is 364 g/mol. The van der Waals surface area contributed by atoms with Crippen molar-refractivity contribution in [3.63, 3.8) is 0 Å². The van der Waals surface area contributed by atoms with Gasteiger partial charge in [0.25, 0.3) is 0 Å². The third-order valence-corrected chi connectivity index (χ3v) is 6.31. The Balaban J connectivity index is 1.56. The maximum atomic E-state index is 12.6. The summed E-state index contributed by atoms with van der Waals surface area (Å²) in [6.45, 7) is 5.72. The van der Waals surface area contributed by atoms with Gasteiger partial charge in [-0.3, -0.25) is 14.5 Å². The van der Waals surface area contributed by atoms with Crippen molar-refractivity contribution in [1.82, 2.24) is 15.1 Å². The van der Waals surface area contributed by atoms with Crippen molar-refractivity contribution < 1.29 is 9.59 Å². The number of nitrogens with zero attached hydrogens (tertiary/aromatic N) is 2. The van der Waals surface area contributed by atoms with Gasteiger partial charge >= 0.3 is 0 Å². The van der Waals surface area contributed by atoms with Gasteiger partial charge in [0, 0.05) is 37.6 Å². The van der Waals surface area contributed by atoms with E-state index in [2.05, 4.69) is 10.2 Å². The third-order valence-electron chi connectivity index (χ3n) is 5.43. The van der Waals surface area contributed by atoms with Crippen LogP contribution in [0.1, 0.15) is 37.5 Å². The second-order valence-corrected chi connectivity index (χ2v) is 8.09. The van der Waals surface area contributed by atoms with Gasteiger partial charge in [0.2, 0.25) is 11.8 Å². The van der Waals surface area contributed by atoms with Crippen molar-refractivity contribution in [1.29, 1.82) is 0 Å². The van der Waals surface area contributed by atoms with Gasteiger partial charge in [0.15, 0.2) is 0 Å². The number of carbonyl (C=O) groups excluding carboxylic acids is 2. The fraction of sp³-hybridized carbons (Fsp3) is 0.684. The van der Waals surface area contributed by atoms with E-state index in [9.17, 15) is 9.59 Å². The Kier molecular flexibility index (Phi) is 6.48. The molecule has 25 heavy (non-hydrogen) atoms. The minimum Gasteiger partial charge on any atom is -0.355 e. The number of hydrogen-bond acceptors (Lipinski definition) is 4. The van der Waals surface area contributed by atoms with E-state index in [4.69, 9.17) is 0 Å². The fourth-order valence-corrected chi connectivity index (χ4v) is 4.85. The molecule has 1 saturated carbocycles. The number of piperazine rings is 1. The van der Waals surface area contributed by atoms with Crippen LogP contribution in [-0.4, -0.2) is 60.4 Å². The Morgan fingerprint density at radius 2 is 1.96 bits per heavy atom. The fourth-order valence-electron chi connectivity index (χ4n) is 4.15. The van der Waals surface area contributed by atoms with Crippen LogP contribution in [0.25, 0.3) is 0 Å². The van der Waals surface area contributed by atoms with E-state index in [0.29, 0.717) is 18.9 Å². The summed E-state index contributed by atoms with van der Waals surface area (Å²) in [5.41, 5.74) is 0. The van der Waals surface area contributed by atoms with Gasteiger partial charge in [0.05, 0.1) is 12.5 Å². The largest absolute Gasteiger partial charge is 0.355 e. The number of nitrogens with one attached hydrogen (secondary N) is 1. The maximum Gasteiger partial charge on any atom is 0.237 e. The first-order valence-corrected chi connectivity index (χ1v) is 10.4. The first-order chi connectivity index (χ1) is 12.2. The van der Waals surface area contributed by atoms with E-state index in [1.807, 2.05) is 29.3 Å². The highest BCUT2D eigenvalue weighted by Crippen LogP contribution is 2.31. The second kappa shape index (κ2) is 8.81. The predicted octanol–water partition coefficient (Wildman–Crippen LogP) is 2.13. The summed E-state index contributed by atoms with van der Waals surface area (Å²) in [6, 6.07) is 3.99. The monoisotopic (exact) mass is 363 g/mol. The SMILES string of the molecule is CCNC(=O)C(C1CCCC1)N1CCN(C(=O)Cc2cccs2)CC1. The zero-order valence-corrected chi connectivity index (χ0v) is 15.9. The van der Waals surface area contributed by atoms with Crippen LogP contribution in [-0.2, 0) is 16.0 Å². The van der Waals surface area contributed by atoms with Gasteiger partial charge in [-0.1, -0.05) is 18.9 Å². The Bertz CT molecular complexity index is 561. The molecular weight excluding hydrogens is 334 g/mol. The summed E-state index contributed by atoms with van der Waals surface area (Å²) in [5, 5.41) is 5.04. The standard InChI is InChI=1S/C19H29N3O2S/c1-2-20-19(24)18(15-6-3-4-7-15)22-11-9-21(10-12-22)17(23)14-16-8-5-13-25-16/h5,8,13,15,18H,2-4,6-7,9-12,14H2,1H3,(H,20,24). The minimum atomic E-state index is -0.0167. The molecule has 1 N–H and O–H groups in total. The van der Waals surface area contributed by atoms with E-state index >= 15 is 0 Å². The summed E-state index contributed by atoms with van der Waals surface area (Å²) < 4.78 is 0. The van der Waals surface area contributed by atoms with Gasteiger partial charge in [-0.25, -0.2) is 0 Å². The zero-order chi connectivity index (χ0) is 17.6. The maximum absolute atomic E-state index is 12.6. The molecule has 1 aliphatic heterocycles. The molecule has 0 aromatic carbocycles. The van der Waals surface area contributed by atoms with Crippen molar-refractivity contribution in [3.8, 4) is 0 Å². The average Bonchev–Trinajstić information content (AvgIpc) is 3.30. The molecule has 0 radical (unpaired) electrons. The molecule has 1 unspecified atom stereocenters. The molecule has 1 aromatic heterocycles. The van der Waals surface area contributed by atoms with Crippen molar-refractivity contribution >= 4 is 23.2 Å². The molecule has 5 nitrogen and oxygen atoms in total. The molecule has 1 aliphatic carbocycles. The number of amides is 2. The van der Waals surface area contributed by atoms with E-state index in [-0.39, 0.29) is 17.9 Å². The molecule has 2 fully saturated rings. The van der Waals surface area contributed by atoms with E-state index < -0.39 is 0 Å². The van der Waals surface area contributed by atoms with E-state index in [1.165, 1.54) is 12.8 Å². The van der Waals surface area contributed by atoms with Crippen LogP contribution in [0, 0.1) is 5.92 Å². The summed E-state index contributed by atoms with van der Waals surface area (Å²) in [4.78, 5) is 30.5. The highest BCUT2D eigenvalue weighted by atomic mass is 32.1. The molecule has 1 aromatic rings. The minimum absolute atomic E-state index is 0.0167. The smallest absolute Gasteiger partial charge is 0.237 e. The van der Waals surface area contributed by atoms with Crippen LogP contribution in [0.15, 0.2) is 17.5 Å². The topological polar surface area (TPSA) is 52.7 Å². The summed E-state index contributed by atoms with van der Waals surface area (Å²) in [7, 11) is 0. The summed E-state index contributed by atoms with van der Waals surface area (Å²) in [5.74, 6) is 0.852. The molecule has 1 saturated heterocycles. The highest BCUT2D eigenvalue weighted by Gasteiger charge is 2.36. The molecule has 2 heterocycles. The first kappa shape index (κ1) is 18.4. The Morgan fingerprint density at radius 1 is 1.24 bits per heavy atom. The molecule has 6 heteroatoms. The lowest BCUT2D eigenvalue weighted by Crippen LogP contribution is -2.58. The van der Waals surface area contributed by atoms with Gasteiger partial charge in [0.1, 0.15) is 0 Å². The van der Waals surface area contributed by atoms with E-state index in [0.717, 1.165) is 43.9 Å². The number of likely N-dealkylation sites (N-methyl/N-ethyl adjacent to an activating group) is 1. The summed E-state index contributed by atoms with van der Waals surface area (Å²) >= 11 is 1.64. The molecule has 0 bridgehead atoms. The second-order valence-electron chi connectivity index (χ2n) is 7.06. The van der Waals surface area contributed by atoms with Crippen molar-refractivity contribution in [3.05, 3.63) is 22.4 Å². The lowest BCUT2D eigenvalue weighted by Gasteiger charge is -2.40. The highest BCUT2D eigenvalue weighted by molar-refractivity contribution is 7.10. The van der Waals surface area contributed by atoms with Gasteiger partial charge in [-0.15, -0.1) is 11.3 Å². The quantitative estimate of drug-likeness (QED) is 0.842. The van der Waals surface area contributed by atoms with Crippen LogP contribution in [0.4, 0.5) is 0 Å². The number of hydrogen-bond donors (Lipinski definition) is 1.